The second-order valence-electron chi connectivity index (χ2n) is 4.57. The highest BCUT2D eigenvalue weighted by molar-refractivity contribution is 9.10. The van der Waals surface area contributed by atoms with Gasteiger partial charge in [0.05, 0.1) is 24.7 Å². The van der Waals surface area contributed by atoms with Gasteiger partial charge in [-0.3, -0.25) is 14.9 Å². The third-order valence-electron chi connectivity index (χ3n) is 3.13. The molecule has 0 radical (unpaired) electrons. The summed E-state index contributed by atoms with van der Waals surface area (Å²) in [6.07, 6.45) is 0.358. The number of hydrogen-bond acceptors (Lipinski definition) is 6. The SMILES string of the molecule is CNC(C)(CCOc1cc(Br)cc([N+](=O)[O-])c1)C(=O)OC. The number of nitro benzene ring substituents is 1. The summed E-state index contributed by atoms with van der Waals surface area (Å²) < 4.78 is 10.8. The first-order valence-electron chi connectivity index (χ1n) is 6.17. The lowest BCUT2D eigenvalue weighted by Crippen LogP contribution is -2.49. The zero-order valence-electron chi connectivity index (χ0n) is 12.0. The highest BCUT2D eigenvalue weighted by atomic mass is 79.9. The first kappa shape index (κ1) is 17.4. The Balaban J connectivity index is 2.71. The molecule has 0 fully saturated rings. The van der Waals surface area contributed by atoms with Crippen LogP contribution < -0.4 is 10.1 Å². The lowest BCUT2D eigenvalue weighted by molar-refractivity contribution is -0.385. The molecule has 0 aliphatic heterocycles. The average Bonchev–Trinajstić information content (AvgIpc) is 2.45. The molecule has 0 spiro atoms. The number of nitrogens with one attached hydrogen (secondary N) is 1. The maximum atomic E-state index is 11.7. The fraction of sp³-hybridized carbons (Fsp3) is 0.462. The van der Waals surface area contributed by atoms with Gasteiger partial charge in [0.15, 0.2) is 0 Å². The molecule has 1 unspecified atom stereocenters. The van der Waals surface area contributed by atoms with E-state index in [9.17, 15) is 14.9 Å². The van der Waals surface area contributed by atoms with Crippen LogP contribution in [0.4, 0.5) is 5.69 Å². The largest absolute Gasteiger partial charge is 0.493 e. The Morgan fingerprint density at radius 3 is 2.67 bits per heavy atom. The number of nitrogens with zero attached hydrogens (tertiary/aromatic N) is 1. The molecule has 21 heavy (non-hydrogen) atoms. The van der Waals surface area contributed by atoms with Crippen LogP contribution in [0.25, 0.3) is 0 Å². The summed E-state index contributed by atoms with van der Waals surface area (Å²) in [4.78, 5) is 21.9. The molecule has 0 aliphatic carbocycles. The Morgan fingerprint density at radius 2 is 2.14 bits per heavy atom. The van der Waals surface area contributed by atoms with Crippen molar-refractivity contribution in [2.24, 2.45) is 0 Å². The predicted molar refractivity (Wildman–Crippen MR) is 80.4 cm³/mol. The number of methoxy groups -OCH3 is 1. The summed E-state index contributed by atoms with van der Waals surface area (Å²) in [5, 5.41) is 13.7. The van der Waals surface area contributed by atoms with Crippen LogP contribution in [0.5, 0.6) is 5.75 Å². The monoisotopic (exact) mass is 360 g/mol. The van der Waals surface area contributed by atoms with Gasteiger partial charge in [-0.05, 0) is 20.0 Å². The summed E-state index contributed by atoms with van der Waals surface area (Å²) in [6, 6.07) is 4.35. The highest BCUT2D eigenvalue weighted by Gasteiger charge is 2.32. The van der Waals surface area contributed by atoms with Crippen LogP contribution in [0.2, 0.25) is 0 Å². The topological polar surface area (TPSA) is 90.7 Å². The van der Waals surface area contributed by atoms with Crippen LogP contribution in [-0.4, -0.2) is 37.2 Å². The first-order chi connectivity index (χ1) is 9.82. The van der Waals surface area contributed by atoms with Crippen LogP contribution in [-0.2, 0) is 9.53 Å². The molecule has 0 aromatic heterocycles. The number of halogens is 1. The number of ether oxygens (including phenoxy) is 2. The van der Waals surface area contributed by atoms with Gasteiger partial charge in [0.2, 0.25) is 0 Å². The van der Waals surface area contributed by atoms with Gasteiger partial charge in [0, 0.05) is 17.0 Å². The Hall–Kier alpha value is -1.67. The fourth-order valence-electron chi connectivity index (χ4n) is 1.66. The predicted octanol–water partition coefficient (Wildman–Crippen LogP) is 2.28. The zero-order valence-corrected chi connectivity index (χ0v) is 13.6. The Kier molecular flexibility index (Phi) is 6.10. The van der Waals surface area contributed by atoms with Gasteiger partial charge in [-0.2, -0.15) is 0 Å². The fourth-order valence-corrected chi connectivity index (χ4v) is 2.12. The highest BCUT2D eigenvalue weighted by Crippen LogP contribution is 2.26. The molecule has 0 saturated carbocycles. The Morgan fingerprint density at radius 1 is 1.48 bits per heavy atom. The normalized spacial score (nSPS) is 13.3. The molecule has 0 bridgehead atoms. The molecule has 1 rings (SSSR count). The zero-order chi connectivity index (χ0) is 16.0. The second kappa shape index (κ2) is 7.37. The van der Waals surface area contributed by atoms with Gasteiger partial charge in [-0.15, -0.1) is 0 Å². The van der Waals surface area contributed by atoms with E-state index in [4.69, 9.17) is 9.47 Å². The van der Waals surface area contributed by atoms with Gasteiger partial charge >= 0.3 is 5.97 Å². The molecule has 0 saturated heterocycles. The van der Waals surface area contributed by atoms with E-state index in [1.165, 1.54) is 19.2 Å². The first-order valence-corrected chi connectivity index (χ1v) is 6.97. The van der Waals surface area contributed by atoms with Crippen LogP contribution in [0.3, 0.4) is 0 Å². The molecule has 1 atom stereocenters. The van der Waals surface area contributed by atoms with Crippen molar-refractivity contribution in [2.45, 2.75) is 18.9 Å². The van der Waals surface area contributed by atoms with E-state index in [2.05, 4.69) is 21.2 Å². The van der Waals surface area contributed by atoms with Gasteiger partial charge in [-0.25, -0.2) is 0 Å². The van der Waals surface area contributed by atoms with Gasteiger partial charge in [0.1, 0.15) is 11.3 Å². The Bertz CT molecular complexity index is 537. The van der Waals surface area contributed by atoms with Gasteiger partial charge < -0.3 is 14.8 Å². The number of rotatable bonds is 7. The van der Waals surface area contributed by atoms with Crippen LogP contribution in [0, 0.1) is 10.1 Å². The van der Waals surface area contributed by atoms with Crippen molar-refractivity contribution in [3.63, 3.8) is 0 Å². The smallest absolute Gasteiger partial charge is 0.325 e. The third kappa shape index (κ3) is 4.68. The second-order valence-corrected chi connectivity index (χ2v) is 5.49. The molecule has 1 aromatic rings. The standard InChI is InChI=1S/C13H17BrN2O5/c1-13(15-2,12(17)20-3)4-5-21-11-7-9(14)6-10(8-11)16(18)19/h6-8,15H,4-5H2,1-3H3. The van der Waals surface area contributed by atoms with E-state index in [0.717, 1.165) is 0 Å². The van der Waals surface area contributed by atoms with E-state index >= 15 is 0 Å². The number of carbonyl (C=O) groups is 1. The van der Waals surface area contributed by atoms with Crippen molar-refractivity contribution < 1.29 is 19.2 Å². The quantitative estimate of drug-likeness (QED) is 0.455. The van der Waals surface area contributed by atoms with E-state index < -0.39 is 16.4 Å². The minimum atomic E-state index is -0.868. The van der Waals surface area contributed by atoms with Gasteiger partial charge in [0.25, 0.3) is 5.69 Å². The third-order valence-corrected chi connectivity index (χ3v) is 3.58. The van der Waals surface area contributed by atoms with Crippen molar-refractivity contribution in [3.05, 3.63) is 32.8 Å². The Labute approximate surface area is 130 Å². The number of esters is 1. The summed E-state index contributed by atoms with van der Waals surface area (Å²) in [5.41, 5.74) is -0.934. The van der Waals surface area contributed by atoms with Gasteiger partial charge in [-0.1, -0.05) is 15.9 Å². The van der Waals surface area contributed by atoms with E-state index in [1.807, 2.05) is 0 Å². The number of nitro groups is 1. The van der Waals surface area contributed by atoms with Crippen molar-refractivity contribution in [1.82, 2.24) is 5.32 Å². The number of non-ortho nitro benzene ring substituents is 1. The van der Waals surface area contributed by atoms with Crippen molar-refractivity contribution in [1.29, 1.82) is 0 Å². The molecule has 0 aliphatic rings. The minimum absolute atomic E-state index is 0.0660. The summed E-state index contributed by atoms with van der Waals surface area (Å²) in [5.74, 6) is -0.0341. The number of benzene rings is 1. The summed E-state index contributed by atoms with van der Waals surface area (Å²) >= 11 is 3.19. The lowest BCUT2D eigenvalue weighted by atomic mass is 9.99. The lowest BCUT2D eigenvalue weighted by Gasteiger charge is -2.25. The number of likely N-dealkylation sites (N-methyl/N-ethyl adjacent to an activating group) is 1. The molecular weight excluding hydrogens is 344 g/mol. The van der Waals surface area contributed by atoms with Crippen molar-refractivity contribution in [3.8, 4) is 5.75 Å². The molecule has 7 nitrogen and oxygen atoms in total. The minimum Gasteiger partial charge on any atom is -0.493 e. The van der Waals surface area contributed by atoms with E-state index in [0.29, 0.717) is 16.6 Å². The van der Waals surface area contributed by atoms with E-state index in [-0.39, 0.29) is 12.3 Å². The summed E-state index contributed by atoms with van der Waals surface area (Å²) in [6.45, 7) is 1.91. The average molecular weight is 361 g/mol. The molecule has 1 N–H and O–H groups in total. The van der Waals surface area contributed by atoms with Crippen molar-refractivity contribution in [2.75, 3.05) is 20.8 Å². The van der Waals surface area contributed by atoms with Crippen LogP contribution in [0.1, 0.15) is 13.3 Å². The van der Waals surface area contributed by atoms with E-state index in [1.54, 1.807) is 20.0 Å². The molecule has 1 aromatic carbocycles. The maximum Gasteiger partial charge on any atom is 0.325 e. The molecule has 0 heterocycles. The van der Waals surface area contributed by atoms with Crippen molar-refractivity contribution >= 4 is 27.6 Å². The molecule has 8 heteroatoms. The molecular formula is C13H17BrN2O5. The van der Waals surface area contributed by atoms with Crippen LogP contribution >= 0.6 is 15.9 Å². The number of hydrogen-bond donors (Lipinski definition) is 1. The van der Waals surface area contributed by atoms with Crippen LogP contribution in [0.15, 0.2) is 22.7 Å². The maximum absolute atomic E-state index is 11.7. The number of carbonyl (C=O) groups excluding carboxylic acids is 1. The molecule has 116 valence electrons. The molecule has 0 amide bonds. The summed E-state index contributed by atoms with van der Waals surface area (Å²) in [7, 11) is 2.97.